The summed E-state index contributed by atoms with van der Waals surface area (Å²) in [5, 5.41) is 2.94. The van der Waals surface area contributed by atoms with Crippen LogP contribution in [0.2, 0.25) is 0 Å². The average Bonchev–Trinajstić information content (AvgIpc) is 2.83. The number of methoxy groups -OCH3 is 1. The summed E-state index contributed by atoms with van der Waals surface area (Å²) in [6, 6.07) is 11.3. The average molecular weight is 506 g/mol. The predicted molar refractivity (Wildman–Crippen MR) is 140 cm³/mol. The molecule has 0 radical (unpaired) electrons. The quantitative estimate of drug-likeness (QED) is 0.407. The molecular weight excluding hydrogens is 466 g/mol. The molecule has 2 amide bonds. The van der Waals surface area contributed by atoms with Crippen molar-refractivity contribution in [2.75, 3.05) is 25.1 Å². The van der Waals surface area contributed by atoms with E-state index in [4.69, 9.17) is 8.92 Å². The topological polar surface area (TPSA) is 88.2 Å². The van der Waals surface area contributed by atoms with E-state index in [1.165, 1.54) is 19.2 Å². The molecule has 0 spiro atoms. The molecule has 0 fully saturated rings. The van der Waals surface area contributed by atoms with Crippen LogP contribution in [0.3, 0.4) is 0 Å². The molecule has 35 heavy (non-hydrogen) atoms. The summed E-state index contributed by atoms with van der Waals surface area (Å²) in [5.41, 5.74) is 1.46. The molecule has 2 rings (SSSR count). The smallest absolute Gasteiger partial charge is 0.339 e. The lowest BCUT2D eigenvalue weighted by atomic mass is 10.1. The molecule has 2 aromatic carbocycles. The maximum atomic E-state index is 13.2. The summed E-state index contributed by atoms with van der Waals surface area (Å²) in [6.07, 6.45) is 0.753. The highest BCUT2D eigenvalue weighted by molar-refractivity contribution is 7.87. The van der Waals surface area contributed by atoms with Gasteiger partial charge in [-0.3, -0.25) is 0 Å². The van der Waals surface area contributed by atoms with Crippen LogP contribution in [0, 0.1) is 0 Å². The Morgan fingerprint density at radius 2 is 1.63 bits per heavy atom. The van der Waals surface area contributed by atoms with Gasteiger partial charge in [0.25, 0.3) is 0 Å². The molecule has 0 aliphatic carbocycles. The lowest BCUT2D eigenvalue weighted by Crippen LogP contribution is -2.46. The molecule has 8 nitrogen and oxygen atoms in total. The second kappa shape index (κ2) is 12.7. The fourth-order valence-electron chi connectivity index (χ4n) is 3.61. The van der Waals surface area contributed by atoms with Crippen LogP contribution in [0.25, 0.3) is 0 Å². The van der Waals surface area contributed by atoms with Gasteiger partial charge in [-0.15, -0.1) is 0 Å². The highest BCUT2D eigenvalue weighted by Crippen LogP contribution is 2.31. The molecule has 9 heteroatoms. The van der Waals surface area contributed by atoms with Gasteiger partial charge in [0.15, 0.2) is 0 Å². The summed E-state index contributed by atoms with van der Waals surface area (Å²) in [6.45, 7) is 13.6. The van der Waals surface area contributed by atoms with E-state index >= 15 is 0 Å². The third kappa shape index (κ3) is 7.52. The van der Waals surface area contributed by atoms with E-state index in [0.29, 0.717) is 11.3 Å². The first kappa shape index (κ1) is 28.3. The number of amides is 2. The van der Waals surface area contributed by atoms with Crippen molar-refractivity contribution in [3.05, 3.63) is 48.0 Å². The van der Waals surface area contributed by atoms with Crippen molar-refractivity contribution in [1.82, 2.24) is 10.2 Å². The number of hydrogen-bond acceptors (Lipinski definition) is 6. The Kier molecular flexibility index (Phi) is 10.2. The standard InChI is InChI=1S/C26H39N3O5S/c1-8-20(6)29(26(30)27-19(4)5)18-21-11-12-22(28(9-2)10-3)17-25(21)34-35(31,32)24-15-13-23(33-7)14-16-24/h11-17,19-20H,8-10,18H2,1-7H3,(H,27,30)/t20-/m1/s1. The minimum absolute atomic E-state index is 0.0221. The number of carbonyl (C=O) groups is 1. The van der Waals surface area contributed by atoms with E-state index in [-0.39, 0.29) is 35.3 Å². The Morgan fingerprint density at radius 3 is 2.14 bits per heavy atom. The molecule has 0 saturated carbocycles. The van der Waals surface area contributed by atoms with Crippen molar-refractivity contribution in [3.63, 3.8) is 0 Å². The maximum absolute atomic E-state index is 13.2. The highest BCUT2D eigenvalue weighted by atomic mass is 32.2. The van der Waals surface area contributed by atoms with Crippen LogP contribution in [-0.4, -0.2) is 51.6 Å². The van der Waals surface area contributed by atoms with Crippen molar-refractivity contribution in [2.24, 2.45) is 0 Å². The van der Waals surface area contributed by atoms with Crippen LogP contribution < -0.4 is 19.1 Å². The molecule has 0 saturated heterocycles. The summed E-state index contributed by atoms with van der Waals surface area (Å²) >= 11 is 0. The van der Waals surface area contributed by atoms with Gasteiger partial charge in [-0.1, -0.05) is 13.0 Å². The second-order valence-electron chi connectivity index (χ2n) is 8.67. The Bertz CT molecular complexity index is 1070. The number of benzene rings is 2. The van der Waals surface area contributed by atoms with E-state index in [1.54, 1.807) is 23.1 Å². The first-order chi connectivity index (χ1) is 16.6. The van der Waals surface area contributed by atoms with E-state index < -0.39 is 10.1 Å². The van der Waals surface area contributed by atoms with Gasteiger partial charge < -0.3 is 24.0 Å². The van der Waals surface area contributed by atoms with Gasteiger partial charge in [0.1, 0.15) is 16.4 Å². The van der Waals surface area contributed by atoms with E-state index in [0.717, 1.165) is 25.2 Å². The monoisotopic (exact) mass is 505 g/mol. The van der Waals surface area contributed by atoms with Crippen molar-refractivity contribution in [3.8, 4) is 11.5 Å². The van der Waals surface area contributed by atoms with E-state index in [1.807, 2.05) is 53.7 Å². The van der Waals surface area contributed by atoms with Gasteiger partial charge in [-0.2, -0.15) is 8.42 Å². The molecule has 0 aliphatic heterocycles. The number of urea groups is 1. The molecule has 1 atom stereocenters. The molecule has 1 N–H and O–H groups in total. The van der Waals surface area contributed by atoms with Crippen molar-refractivity contribution in [2.45, 2.75) is 71.5 Å². The number of rotatable bonds is 12. The van der Waals surface area contributed by atoms with Gasteiger partial charge in [0, 0.05) is 42.5 Å². The summed E-state index contributed by atoms with van der Waals surface area (Å²) in [7, 11) is -2.59. The lowest BCUT2D eigenvalue weighted by Gasteiger charge is -2.30. The Hall–Kier alpha value is -2.94. The Labute approximate surface area is 210 Å². The fourth-order valence-corrected chi connectivity index (χ4v) is 4.56. The van der Waals surface area contributed by atoms with Crippen molar-refractivity contribution in [1.29, 1.82) is 0 Å². The number of anilines is 1. The Morgan fingerprint density at radius 1 is 1.00 bits per heavy atom. The van der Waals surface area contributed by atoms with Gasteiger partial charge in [0.05, 0.1) is 13.7 Å². The Balaban J connectivity index is 2.51. The predicted octanol–water partition coefficient (Wildman–Crippen LogP) is 5.03. The zero-order valence-electron chi connectivity index (χ0n) is 21.9. The molecule has 0 unspecified atom stereocenters. The van der Waals surface area contributed by atoms with Crippen LogP contribution in [0.5, 0.6) is 11.5 Å². The minimum atomic E-state index is -4.11. The van der Waals surface area contributed by atoms with Crippen LogP contribution >= 0.6 is 0 Å². The van der Waals surface area contributed by atoms with Gasteiger partial charge in [-0.05, 0) is 71.4 Å². The number of nitrogens with one attached hydrogen (secondary N) is 1. The molecule has 2 aromatic rings. The fraction of sp³-hybridized carbons (Fsp3) is 0.500. The summed E-state index contributed by atoms with van der Waals surface area (Å²) in [4.78, 5) is 16.8. The zero-order valence-corrected chi connectivity index (χ0v) is 22.7. The van der Waals surface area contributed by atoms with Gasteiger partial charge in [0.2, 0.25) is 0 Å². The molecule has 0 heterocycles. The van der Waals surface area contributed by atoms with E-state index in [9.17, 15) is 13.2 Å². The first-order valence-electron chi connectivity index (χ1n) is 12.1. The van der Waals surface area contributed by atoms with Crippen LogP contribution in [0.1, 0.15) is 53.5 Å². The van der Waals surface area contributed by atoms with E-state index in [2.05, 4.69) is 10.2 Å². The molecule has 0 aliphatic rings. The third-order valence-corrected chi connectivity index (χ3v) is 7.11. The van der Waals surface area contributed by atoms with Crippen LogP contribution in [0.4, 0.5) is 10.5 Å². The first-order valence-corrected chi connectivity index (χ1v) is 13.5. The second-order valence-corrected chi connectivity index (χ2v) is 10.2. The molecular formula is C26H39N3O5S. The number of carbonyl (C=O) groups excluding carboxylic acids is 1. The maximum Gasteiger partial charge on any atom is 0.339 e. The minimum Gasteiger partial charge on any atom is -0.497 e. The van der Waals surface area contributed by atoms with Gasteiger partial charge >= 0.3 is 16.1 Å². The van der Waals surface area contributed by atoms with Crippen LogP contribution in [0.15, 0.2) is 47.4 Å². The highest BCUT2D eigenvalue weighted by Gasteiger charge is 2.25. The SMILES string of the molecule is CC[C@@H](C)N(Cc1ccc(N(CC)CC)cc1OS(=O)(=O)c1ccc(OC)cc1)C(=O)NC(C)C. The molecule has 0 bridgehead atoms. The van der Waals surface area contributed by atoms with Crippen LogP contribution in [-0.2, 0) is 16.7 Å². The van der Waals surface area contributed by atoms with Gasteiger partial charge in [-0.25, -0.2) is 4.79 Å². The summed E-state index contributed by atoms with van der Waals surface area (Å²) < 4.78 is 37.1. The normalized spacial score (nSPS) is 12.2. The number of hydrogen-bond donors (Lipinski definition) is 1. The number of ether oxygens (including phenoxy) is 1. The molecule has 0 aromatic heterocycles. The largest absolute Gasteiger partial charge is 0.497 e. The zero-order chi connectivity index (χ0) is 26.2. The van der Waals surface area contributed by atoms with Crippen molar-refractivity contribution >= 4 is 21.8 Å². The number of nitrogens with zero attached hydrogens (tertiary/aromatic N) is 2. The third-order valence-electron chi connectivity index (χ3n) is 5.86. The summed E-state index contributed by atoms with van der Waals surface area (Å²) in [5.74, 6) is 0.754. The molecule has 194 valence electrons. The van der Waals surface area contributed by atoms with Crippen molar-refractivity contribution < 1.29 is 22.1 Å². The lowest BCUT2D eigenvalue weighted by molar-refractivity contribution is 0.170.